The monoisotopic (exact) mass is 944 g/mol. The van der Waals surface area contributed by atoms with Crippen molar-refractivity contribution in [1.29, 1.82) is 0 Å². The van der Waals surface area contributed by atoms with Crippen LogP contribution in [0.4, 0.5) is 15.2 Å². The zero-order chi connectivity index (χ0) is 47.1. The van der Waals surface area contributed by atoms with Crippen molar-refractivity contribution in [3.8, 4) is 11.3 Å². The Kier molecular flexibility index (Phi) is 15.2. The number of carbonyl (C=O) groups is 4. The van der Waals surface area contributed by atoms with Crippen molar-refractivity contribution in [3.05, 3.63) is 99.7 Å². The molecular formula is C46H53FN8O9S2. The van der Waals surface area contributed by atoms with Gasteiger partial charge in [0.1, 0.15) is 11.9 Å². The molecular weight excluding hydrogens is 892 g/mol. The number of imidazole rings is 1. The first-order valence-electron chi connectivity index (χ1n) is 21.7. The minimum absolute atomic E-state index is 0.123. The highest BCUT2D eigenvalue weighted by Gasteiger charge is 2.31. The summed E-state index contributed by atoms with van der Waals surface area (Å²) in [7, 11) is -0.197. The SMILES string of the molecule is CC(C)S(=O)(=O)n1cc(C(=O)NCC(=O)Nc2nc(-c3cc(F)cc(N(C)CCCOCCCOCCCc4ccc5c(c4)n(C)c(=O)n5C4CCC(=O)NC4=O)c3)cs2)c2ccccc21. The molecule has 1 unspecified atom stereocenters. The van der Waals surface area contributed by atoms with Crippen molar-refractivity contribution < 1.29 is 41.5 Å². The number of aryl methyl sites for hydroxylation is 2. The summed E-state index contributed by atoms with van der Waals surface area (Å²) in [5, 5.41) is 9.23. The average Bonchev–Trinajstić information content (AvgIpc) is 3.99. The number of aromatic nitrogens is 4. The second-order valence-electron chi connectivity index (χ2n) is 16.4. The van der Waals surface area contributed by atoms with E-state index in [2.05, 4.69) is 20.9 Å². The van der Waals surface area contributed by atoms with Crippen LogP contribution in [0, 0.1) is 5.82 Å². The van der Waals surface area contributed by atoms with Crippen LogP contribution in [0.15, 0.2) is 77.0 Å². The minimum Gasteiger partial charge on any atom is -0.381 e. The summed E-state index contributed by atoms with van der Waals surface area (Å²) in [5.41, 5.74) is 4.28. The standard InChI is InChI=1S/C46H53FN8O9S2/c1-29(2)66(61,62)54-27-35(34-11-5-6-12-37(34)54)43(58)48-26-42(57)51-45-49-36(28-65-45)31-23-32(47)25-33(24-31)52(3)17-8-19-64-21-9-20-63-18-7-10-30-13-14-38-40(22-30)53(4)46(60)55(38)39-15-16-41(56)50-44(39)59/h5-6,11-14,22-25,27-29,39H,7-10,15-21,26H2,1-4H3,(H,48,58)(H,49,51,57)(H,50,56,59). The molecule has 4 heterocycles. The number of nitrogens with one attached hydrogen (secondary N) is 3. The Labute approximate surface area is 384 Å². The van der Waals surface area contributed by atoms with Gasteiger partial charge in [-0.15, -0.1) is 11.3 Å². The first-order chi connectivity index (χ1) is 31.6. The summed E-state index contributed by atoms with van der Waals surface area (Å²) in [6, 6.07) is 16.3. The van der Waals surface area contributed by atoms with E-state index in [0.29, 0.717) is 72.8 Å². The lowest BCUT2D eigenvalue weighted by molar-refractivity contribution is -0.135. The van der Waals surface area contributed by atoms with Crippen molar-refractivity contribution in [2.75, 3.05) is 56.8 Å². The van der Waals surface area contributed by atoms with Crippen LogP contribution in [0.25, 0.3) is 33.2 Å². The summed E-state index contributed by atoms with van der Waals surface area (Å²) in [5.74, 6) is -2.37. The maximum absolute atomic E-state index is 14.8. The highest BCUT2D eigenvalue weighted by molar-refractivity contribution is 7.90. The average molecular weight is 945 g/mol. The molecule has 350 valence electrons. The maximum Gasteiger partial charge on any atom is 0.329 e. The Morgan fingerprint density at radius 2 is 1.71 bits per heavy atom. The number of nitrogens with zero attached hydrogens (tertiary/aromatic N) is 5. The molecule has 1 saturated heterocycles. The predicted molar refractivity (Wildman–Crippen MR) is 251 cm³/mol. The number of para-hydroxylation sites is 1. The topological polar surface area (TPSA) is 205 Å². The van der Waals surface area contributed by atoms with Crippen LogP contribution in [0.3, 0.4) is 0 Å². The summed E-state index contributed by atoms with van der Waals surface area (Å²) >= 11 is 1.15. The smallest absolute Gasteiger partial charge is 0.329 e. The van der Waals surface area contributed by atoms with E-state index in [1.807, 2.05) is 36.2 Å². The molecule has 0 saturated carbocycles. The first-order valence-corrected chi connectivity index (χ1v) is 24.1. The number of halogens is 1. The van der Waals surface area contributed by atoms with Gasteiger partial charge in [-0.2, -0.15) is 0 Å². The molecule has 6 aromatic rings. The van der Waals surface area contributed by atoms with Gasteiger partial charge in [0.05, 0.1) is 39.6 Å². The fraction of sp³-hybridized carbons (Fsp3) is 0.391. The van der Waals surface area contributed by atoms with Crippen LogP contribution in [0.2, 0.25) is 0 Å². The number of thiazole rings is 1. The Bertz CT molecular complexity index is 2940. The predicted octanol–water partition coefficient (Wildman–Crippen LogP) is 5.37. The van der Waals surface area contributed by atoms with Crippen molar-refractivity contribution >= 4 is 77.7 Å². The molecule has 3 N–H and O–H groups in total. The number of carbonyl (C=O) groups excluding carboxylic acids is 4. The summed E-state index contributed by atoms with van der Waals surface area (Å²) in [4.78, 5) is 69.5. The third-order valence-corrected chi connectivity index (χ3v) is 14.2. The van der Waals surface area contributed by atoms with Crippen molar-refractivity contribution in [2.24, 2.45) is 7.05 Å². The molecule has 4 amide bonds. The second kappa shape index (κ2) is 21.0. The number of amides is 4. The number of anilines is 2. The highest BCUT2D eigenvalue weighted by atomic mass is 32.2. The molecule has 20 heteroatoms. The number of rotatable bonds is 21. The molecule has 1 fully saturated rings. The Morgan fingerprint density at radius 3 is 2.47 bits per heavy atom. The van der Waals surface area contributed by atoms with Gasteiger partial charge in [-0.05, 0) is 87.9 Å². The number of hydrogen-bond acceptors (Lipinski definition) is 12. The third kappa shape index (κ3) is 10.9. The van der Waals surface area contributed by atoms with Crippen LogP contribution < -0.4 is 26.5 Å². The zero-order valence-electron chi connectivity index (χ0n) is 37.2. The molecule has 17 nitrogen and oxygen atoms in total. The Balaban J connectivity index is 0.794. The van der Waals surface area contributed by atoms with Gasteiger partial charge in [0.2, 0.25) is 27.7 Å². The quantitative estimate of drug-likeness (QED) is 0.0618. The minimum atomic E-state index is -3.74. The lowest BCUT2D eigenvalue weighted by Gasteiger charge is -2.21. The molecule has 3 aromatic carbocycles. The van der Waals surface area contributed by atoms with E-state index in [1.165, 1.54) is 27.5 Å². The van der Waals surface area contributed by atoms with Gasteiger partial charge in [0.15, 0.2) is 5.13 Å². The fourth-order valence-electron chi connectivity index (χ4n) is 7.77. The molecule has 1 atom stereocenters. The number of benzene rings is 3. The normalized spacial score (nSPS) is 14.3. The summed E-state index contributed by atoms with van der Waals surface area (Å²) < 4.78 is 56.5. The Hall–Kier alpha value is -6.22. The fourth-order valence-corrected chi connectivity index (χ4v) is 9.64. The highest BCUT2D eigenvalue weighted by Crippen LogP contribution is 2.30. The largest absolute Gasteiger partial charge is 0.381 e. The first kappa shape index (κ1) is 47.7. The van der Waals surface area contributed by atoms with Crippen molar-refractivity contribution in [3.63, 3.8) is 0 Å². The van der Waals surface area contributed by atoms with Gasteiger partial charge in [0, 0.05) is 81.7 Å². The molecule has 0 bridgehead atoms. The van der Waals surface area contributed by atoms with E-state index in [9.17, 15) is 36.8 Å². The molecule has 0 spiro atoms. The van der Waals surface area contributed by atoms with E-state index in [4.69, 9.17) is 9.47 Å². The second-order valence-corrected chi connectivity index (χ2v) is 19.6. The number of fused-ring (bicyclic) bond motifs is 2. The number of ether oxygens (including phenoxy) is 2. The zero-order valence-corrected chi connectivity index (χ0v) is 38.8. The van der Waals surface area contributed by atoms with Gasteiger partial charge in [-0.3, -0.25) is 33.6 Å². The van der Waals surface area contributed by atoms with Crippen LogP contribution in [0.1, 0.15) is 67.9 Å². The van der Waals surface area contributed by atoms with Gasteiger partial charge in [0.25, 0.3) is 5.91 Å². The van der Waals surface area contributed by atoms with E-state index < -0.39 is 51.4 Å². The molecule has 1 aliphatic heterocycles. The van der Waals surface area contributed by atoms with Crippen LogP contribution in [0.5, 0.6) is 0 Å². The lowest BCUT2D eigenvalue weighted by Crippen LogP contribution is -2.44. The lowest BCUT2D eigenvalue weighted by atomic mass is 10.1. The van der Waals surface area contributed by atoms with Crippen LogP contribution in [-0.4, -0.2) is 102 Å². The van der Waals surface area contributed by atoms with Crippen LogP contribution in [-0.2, 0) is 47.3 Å². The molecule has 0 aliphatic carbocycles. The molecule has 66 heavy (non-hydrogen) atoms. The Morgan fingerprint density at radius 1 is 0.970 bits per heavy atom. The van der Waals surface area contributed by atoms with E-state index in [-0.39, 0.29) is 35.1 Å². The van der Waals surface area contributed by atoms with Crippen molar-refractivity contribution in [2.45, 2.75) is 63.7 Å². The molecule has 3 aromatic heterocycles. The third-order valence-electron chi connectivity index (χ3n) is 11.4. The van der Waals surface area contributed by atoms with Gasteiger partial charge < -0.3 is 25.0 Å². The summed E-state index contributed by atoms with van der Waals surface area (Å²) in [6.45, 7) is 5.50. The number of piperidine rings is 1. The van der Waals surface area contributed by atoms with E-state index >= 15 is 0 Å². The van der Waals surface area contributed by atoms with Gasteiger partial charge >= 0.3 is 5.69 Å². The number of hydrogen-bond donors (Lipinski definition) is 3. The maximum atomic E-state index is 14.8. The van der Waals surface area contributed by atoms with E-state index in [1.54, 1.807) is 50.5 Å². The van der Waals surface area contributed by atoms with Crippen LogP contribution >= 0.6 is 11.3 Å². The van der Waals surface area contributed by atoms with Crippen molar-refractivity contribution in [1.82, 2.24) is 28.7 Å². The van der Waals surface area contributed by atoms with Gasteiger partial charge in [-0.25, -0.2) is 26.6 Å². The summed E-state index contributed by atoms with van der Waals surface area (Å²) in [6.07, 6.45) is 4.73. The molecule has 7 rings (SSSR count). The number of imide groups is 1. The molecule has 1 aliphatic rings. The molecule has 0 radical (unpaired) electrons. The van der Waals surface area contributed by atoms with Gasteiger partial charge in [-0.1, -0.05) is 24.3 Å². The van der Waals surface area contributed by atoms with E-state index in [0.717, 1.165) is 45.7 Å².